The number of hydrogen-bond donors (Lipinski definition) is 1. The number of hydrogen-bond acceptors (Lipinski definition) is 5. The van der Waals surface area contributed by atoms with Crippen molar-refractivity contribution in [3.8, 4) is 0 Å². The van der Waals surface area contributed by atoms with Gasteiger partial charge in [0.05, 0.1) is 31.6 Å². The highest BCUT2D eigenvalue weighted by Gasteiger charge is 2.21. The molecule has 1 N–H and O–H groups in total. The zero-order valence-corrected chi connectivity index (χ0v) is 18.9. The summed E-state index contributed by atoms with van der Waals surface area (Å²) in [6.45, 7) is 13.2. The molecule has 1 aliphatic rings. The predicted octanol–water partition coefficient (Wildman–Crippen LogP) is 0.571. The lowest BCUT2D eigenvalue weighted by molar-refractivity contribution is -0.908. The first kappa shape index (κ1) is 24.2. The van der Waals surface area contributed by atoms with Gasteiger partial charge in [-0.2, -0.15) is 0 Å². The highest BCUT2D eigenvalue weighted by atomic mass is 16.5. The Labute approximate surface area is 180 Å². The first-order valence-electron chi connectivity index (χ1n) is 11.3. The van der Waals surface area contributed by atoms with Crippen LogP contribution in [0.2, 0.25) is 0 Å². The van der Waals surface area contributed by atoms with Crippen molar-refractivity contribution in [1.82, 2.24) is 19.8 Å². The molecule has 0 saturated carbocycles. The molecule has 30 heavy (non-hydrogen) atoms. The summed E-state index contributed by atoms with van der Waals surface area (Å²) >= 11 is 0. The quantitative estimate of drug-likeness (QED) is 0.535. The molecule has 0 unspecified atom stereocenters. The van der Waals surface area contributed by atoms with E-state index in [0.29, 0.717) is 25.2 Å². The van der Waals surface area contributed by atoms with Crippen molar-refractivity contribution in [2.24, 2.45) is 0 Å². The largest absolute Gasteiger partial charge is 0.370 e. The second kappa shape index (κ2) is 13.3. The van der Waals surface area contributed by atoms with E-state index in [4.69, 9.17) is 4.74 Å². The number of nitrogens with one attached hydrogen (secondary N) is 1. The van der Waals surface area contributed by atoms with Gasteiger partial charge in [0.2, 0.25) is 5.91 Å². The lowest BCUT2D eigenvalue weighted by Gasteiger charge is -2.27. The van der Waals surface area contributed by atoms with E-state index in [2.05, 4.69) is 23.8 Å². The van der Waals surface area contributed by atoms with Crippen molar-refractivity contribution < 1.29 is 19.2 Å². The topological polar surface area (TPSA) is 80.1 Å². The van der Waals surface area contributed by atoms with Crippen LogP contribution in [0.5, 0.6) is 0 Å². The highest BCUT2D eigenvalue weighted by Crippen LogP contribution is 2.06. The zero-order chi connectivity index (χ0) is 21.8. The normalized spacial score (nSPS) is 14.5. The van der Waals surface area contributed by atoms with Crippen LogP contribution in [-0.2, 0) is 9.53 Å². The molecule has 2 rings (SSSR count). The van der Waals surface area contributed by atoms with Crippen LogP contribution in [0, 0.1) is 6.92 Å². The average molecular weight is 421 g/mol. The third-order valence-corrected chi connectivity index (χ3v) is 5.38. The van der Waals surface area contributed by atoms with E-state index >= 15 is 0 Å². The molecule has 8 nitrogen and oxygen atoms in total. The number of quaternary nitrogens is 1. The molecule has 0 atom stereocenters. The number of aryl methyl sites for hydroxylation is 1. The summed E-state index contributed by atoms with van der Waals surface area (Å²) in [5, 5.41) is 0. The van der Waals surface area contributed by atoms with Gasteiger partial charge < -0.3 is 19.4 Å². The SMILES string of the molecule is CCCN(CCC)C(=O)CCN(CCC[NH+]1CCOCC1)C(=O)c1cnc(C)cn1. The maximum absolute atomic E-state index is 13.0. The summed E-state index contributed by atoms with van der Waals surface area (Å²) < 4.78 is 5.42. The molecule has 0 spiro atoms. The lowest BCUT2D eigenvalue weighted by Crippen LogP contribution is -3.14. The van der Waals surface area contributed by atoms with Gasteiger partial charge in [-0.25, -0.2) is 4.98 Å². The molecule has 0 aromatic carbocycles. The lowest BCUT2D eigenvalue weighted by atomic mass is 10.2. The Hall–Kier alpha value is -2.06. The number of aromatic nitrogens is 2. The third kappa shape index (κ3) is 7.99. The van der Waals surface area contributed by atoms with Crippen LogP contribution < -0.4 is 4.90 Å². The minimum Gasteiger partial charge on any atom is -0.370 e. The molecule has 8 heteroatoms. The summed E-state index contributed by atoms with van der Waals surface area (Å²) in [4.78, 5) is 39.4. The second-order valence-corrected chi connectivity index (χ2v) is 7.93. The molecule has 1 fully saturated rings. The Bertz CT molecular complexity index is 641. The number of ether oxygens (including phenoxy) is 1. The molecular weight excluding hydrogens is 382 g/mol. The van der Waals surface area contributed by atoms with Crippen LogP contribution >= 0.6 is 0 Å². The molecular formula is C22H38N5O3+. The third-order valence-electron chi connectivity index (χ3n) is 5.38. The molecule has 1 saturated heterocycles. The smallest absolute Gasteiger partial charge is 0.274 e. The van der Waals surface area contributed by atoms with Crippen LogP contribution in [-0.4, -0.2) is 90.6 Å². The van der Waals surface area contributed by atoms with E-state index < -0.39 is 0 Å². The van der Waals surface area contributed by atoms with E-state index in [9.17, 15) is 9.59 Å². The fourth-order valence-electron chi connectivity index (χ4n) is 3.70. The van der Waals surface area contributed by atoms with E-state index in [-0.39, 0.29) is 11.8 Å². The number of nitrogens with zero attached hydrogens (tertiary/aromatic N) is 4. The number of morpholine rings is 1. The van der Waals surface area contributed by atoms with Crippen LogP contribution in [0.15, 0.2) is 12.4 Å². The van der Waals surface area contributed by atoms with Gasteiger partial charge in [0.1, 0.15) is 18.8 Å². The summed E-state index contributed by atoms with van der Waals surface area (Å²) in [5.41, 5.74) is 1.12. The van der Waals surface area contributed by atoms with Crippen LogP contribution in [0.1, 0.15) is 55.7 Å². The summed E-state index contributed by atoms with van der Waals surface area (Å²) in [6, 6.07) is 0. The Kier molecular flexibility index (Phi) is 10.7. The molecule has 1 aromatic heterocycles. The molecule has 168 valence electrons. The summed E-state index contributed by atoms with van der Waals surface area (Å²) in [7, 11) is 0. The molecule has 1 aromatic rings. The first-order chi connectivity index (χ1) is 14.5. The molecule has 2 amide bonds. The Morgan fingerprint density at radius 2 is 1.70 bits per heavy atom. The van der Waals surface area contributed by atoms with E-state index in [1.54, 1.807) is 11.1 Å². The Morgan fingerprint density at radius 3 is 2.30 bits per heavy atom. The molecule has 0 aliphatic carbocycles. The van der Waals surface area contributed by atoms with Gasteiger partial charge in [0, 0.05) is 45.2 Å². The first-order valence-corrected chi connectivity index (χ1v) is 11.3. The molecule has 1 aliphatic heterocycles. The fraction of sp³-hybridized carbons (Fsp3) is 0.727. The maximum Gasteiger partial charge on any atom is 0.274 e. The highest BCUT2D eigenvalue weighted by molar-refractivity contribution is 5.92. The van der Waals surface area contributed by atoms with Crippen molar-refractivity contribution in [2.45, 2.75) is 46.5 Å². The van der Waals surface area contributed by atoms with Gasteiger partial charge in [-0.3, -0.25) is 14.6 Å². The average Bonchev–Trinajstić information content (AvgIpc) is 2.76. The van der Waals surface area contributed by atoms with E-state index in [0.717, 1.165) is 70.9 Å². The van der Waals surface area contributed by atoms with Crippen LogP contribution in [0.3, 0.4) is 0 Å². The maximum atomic E-state index is 13.0. The Morgan fingerprint density at radius 1 is 1.00 bits per heavy atom. The van der Waals surface area contributed by atoms with E-state index in [1.165, 1.54) is 11.1 Å². The molecule has 0 radical (unpaired) electrons. The predicted molar refractivity (Wildman–Crippen MR) is 115 cm³/mol. The zero-order valence-electron chi connectivity index (χ0n) is 18.9. The molecule has 0 bridgehead atoms. The fourth-order valence-corrected chi connectivity index (χ4v) is 3.70. The summed E-state index contributed by atoms with van der Waals surface area (Å²) in [6.07, 6.45) is 6.25. The minimum absolute atomic E-state index is 0.116. The van der Waals surface area contributed by atoms with Gasteiger partial charge in [-0.05, 0) is 19.8 Å². The monoisotopic (exact) mass is 420 g/mol. The van der Waals surface area contributed by atoms with Gasteiger partial charge >= 0.3 is 0 Å². The second-order valence-electron chi connectivity index (χ2n) is 7.93. The number of rotatable bonds is 12. The molecule has 2 heterocycles. The standard InChI is InChI=1S/C22H37N5O3/c1-4-8-26(9-5-2)21(28)7-12-27(11-6-10-25-13-15-30-16-14-25)22(29)20-18-23-19(3)17-24-20/h17-18H,4-16H2,1-3H3/p+1. The van der Waals surface area contributed by atoms with Gasteiger partial charge in [-0.15, -0.1) is 0 Å². The van der Waals surface area contributed by atoms with Crippen molar-refractivity contribution in [3.63, 3.8) is 0 Å². The van der Waals surface area contributed by atoms with Crippen molar-refractivity contribution in [2.75, 3.05) is 59.0 Å². The Balaban J connectivity index is 1.97. The van der Waals surface area contributed by atoms with Gasteiger partial charge in [-0.1, -0.05) is 13.8 Å². The number of amides is 2. The van der Waals surface area contributed by atoms with Gasteiger partial charge in [0.15, 0.2) is 0 Å². The van der Waals surface area contributed by atoms with Gasteiger partial charge in [0.25, 0.3) is 5.91 Å². The summed E-state index contributed by atoms with van der Waals surface area (Å²) in [5.74, 6) is -0.0323. The van der Waals surface area contributed by atoms with Crippen molar-refractivity contribution in [1.29, 1.82) is 0 Å². The number of carbonyl (C=O) groups is 2. The van der Waals surface area contributed by atoms with Crippen LogP contribution in [0.4, 0.5) is 0 Å². The minimum atomic E-state index is -0.148. The van der Waals surface area contributed by atoms with Crippen molar-refractivity contribution in [3.05, 3.63) is 23.8 Å². The van der Waals surface area contributed by atoms with Crippen molar-refractivity contribution >= 4 is 11.8 Å². The van der Waals surface area contributed by atoms with E-state index in [1.807, 2.05) is 11.8 Å². The van der Waals surface area contributed by atoms with Crippen LogP contribution in [0.25, 0.3) is 0 Å². The number of carbonyl (C=O) groups excluding carboxylic acids is 2.